The van der Waals surface area contributed by atoms with E-state index in [0.717, 1.165) is 44.6 Å². The number of nitrogens with one attached hydrogen (secondary N) is 2. The molecule has 0 saturated carbocycles. The fourth-order valence-electron chi connectivity index (χ4n) is 3.98. The van der Waals surface area contributed by atoms with Crippen LogP contribution >= 0.6 is 0 Å². The summed E-state index contributed by atoms with van der Waals surface area (Å²) in [6.07, 6.45) is 6.97. The lowest BCUT2D eigenvalue weighted by atomic mass is 9.74. The molecule has 3 nitrogen and oxygen atoms in total. The predicted octanol–water partition coefficient (Wildman–Crippen LogP) is 3.00. The number of benzene rings is 1. The summed E-state index contributed by atoms with van der Waals surface area (Å²) in [6.45, 7) is 6.31. The van der Waals surface area contributed by atoms with Crippen molar-refractivity contribution in [1.82, 2.24) is 10.6 Å². The summed E-state index contributed by atoms with van der Waals surface area (Å²) < 4.78 is 0. The molecule has 2 aliphatic rings. The molecule has 3 rings (SSSR count). The number of hydrogen-bond donors (Lipinski definition) is 2. The molecule has 0 amide bonds. The molecule has 0 spiro atoms. The number of ketones is 1. The fraction of sp³-hybridized carbons (Fsp3) is 0.600. The van der Waals surface area contributed by atoms with Crippen LogP contribution in [0.1, 0.15) is 41.6 Å². The number of aryl methyl sites for hydroxylation is 1. The molecule has 1 unspecified atom stereocenters. The topological polar surface area (TPSA) is 41.1 Å². The van der Waals surface area contributed by atoms with E-state index in [1.54, 1.807) is 0 Å². The highest BCUT2D eigenvalue weighted by Gasteiger charge is 2.32. The summed E-state index contributed by atoms with van der Waals surface area (Å²) in [7, 11) is 0. The molecule has 0 aliphatic carbocycles. The van der Waals surface area contributed by atoms with Crippen LogP contribution in [0.4, 0.5) is 0 Å². The van der Waals surface area contributed by atoms with Crippen LogP contribution in [0.15, 0.2) is 24.3 Å². The number of Topliss-reactive ketones (excluding diaryl/α,β-unsaturated/α-hetero) is 1. The van der Waals surface area contributed by atoms with Gasteiger partial charge in [-0.3, -0.25) is 4.79 Å². The van der Waals surface area contributed by atoms with Gasteiger partial charge in [0.2, 0.25) is 0 Å². The third kappa shape index (κ3) is 4.42. The van der Waals surface area contributed by atoms with Crippen molar-refractivity contribution in [3.63, 3.8) is 0 Å². The molecule has 1 aromatic rings. The first-order chi connectivity index (χ1) is 11.2. The van der Waals surface area contributed by atoms with E-state index in [9.17, 15) is 4.79 Å². The highest BCUT2D eigenvalue weighted by Crippen LogP contribution is 2.32. The van der Waals surface area contributed by atoms with Gasteiger partial charge in [-0.25, -0.2) is 0 Å². The van der Waals surface area contributed by atoms with Crippen LogP contribution in [0.5, 0.6) is 0 Å². The van der Waals surface area contributed by atoms with Crippen LogP contribution < -0.4 is 10.6 Å². The largest absolute Gasteiger partial charge is 0.317 e. The van der Waals surface area contributed by atoms with Gasteiger partial charge in [0.15, 0.2) is 5.78 Å². The van der Waals surface area contributed by atoms with E-state index in [4.69, 9.17) is 0 Å². The molecule has 0 bridgehead atoms. The van der Waals surface area contributed by atoms with Crippen LogP contribution in [0.3, 0.4) is 0 Å². The zero-order chi connectivity index (χ0) is 16.1. The van der Waals surface area contributed by atoms with Gasteiger partial charge in [0.05, 0.1) is 0 Å². The molecule has 125 valence electrons. The third-order valence-electron chi connectivity index (χ3n) is 5.36. The third-order valence-corrected chi connectivity index (χ3v) is 5.36. The maximum atomic E-state index is 13.2. The second kappa shape index (κ2) is 8.07. The molecule has 23 heavy (non-hydrogen) atoms. The van der Waals surface area contributed by atoms with Crippen LogP contribution in [0.2, 0.25) is 0 Å². The van der Waals surface area contributed by atoms with E-state index in [2.05, 4.69) is 30.0 Å². The van der Waals surface area contributed by atoms with Gasteiger partial charge in [-0.1, -0.05) is 23.8 Å². The lowest BCUT2D eigenvalue weighted by Crippen LogP contribution is -2.37. The summed E-state index contributed by atoms with van der Waals surface area (Å²) in [5, 5.41) is 6.85. The SMILES string of the molecule is Cc1cccc(C(=O)C([CH]C2CCNCC2)C2CCNCC2)c1. The Morgan fingerprint density at radius 1 is 1.09 bits per heavy atom. The summed E-state index contributed by atoms with van der Waals surface area (Å²) in [5.41, 5.74) is 2.06. The van der Waals surface area contributed by atoms with Crippen molar-refractivity contribution in [3.8, 4) is 0 Å². The van der Waals surface area contributed by atoms with Crippen LogP contribution in [-0.4, -0.2) is 32.0 Å². The van der Waals surface area contributed by atoms with E-state index < -0.39 is 0 Å². The minimum Gasteiger partial charge on any atom is -0.317 e. The first kappa shape index (κ1) is 16.7. The number of carbonyl (C=O) groups is 1. The summed E-state index contributed by atoms with van der Waals surface area (Å²) in [6, 6.07) is 8.10. The van der Waals surface area contributed by atoms with E-state index in [-0.39, 0.29) is 5.92 Å². The Balaban J connectivity index is 1.76. The smallest absolute Gasteiger partial charge is 0.166 e. The number of piperidine rings is 2. The second-order valence-electron chi connectivity index (χ2n) is 7.13. The van der Waals surface area contributed by atoms with E-state index >= 15 is 0 Å². The Labute approximate surface area is 140 Å². The number of rotatable bonds is 5. The molecule has 3 heteroatoms. The first-order valence-electron chi connectivity index (χ1n) is 9.11. The maximum Gasteiger partial charge on any atom is 0.166 e. The van der Waals surface area contributed by atoms with Crippen molar-refractivity contribution in [2.24, 2.45) is 17.8 Å². The average Bonchev–Trinajstić information content (AvgIpc) is 2.61. The highest BCUT2D eigenvalue weighted by atomic mass is 16.1. The second-order valence-corrected chi connectivity index (χ2v) is 7.13. The van der Waals surface area contributed by atoms with Crippen molar-refractivity contribution in [2.75, 3.05) is 26.2 Å². The number of carbonyl (C=O) groups excluding carboxylic acids is 1. The summed E-state index contributed by atoms with van der Waals surface area (Å²) in [4.78, 5) is 13.2. The molecule has 1 atom stereocenters. The van der Waals surface area contributed by atoms with Gasteiger partial charge in [0.1, 0.15) is 0 Å². The Morgan fingerprint density at radius 3 is 2.39 bits per heavy atom. The Morgan fingerprint density at radius 2 is 1.74 bits per heavy atom. The van der Waals surface area contributed by atoms with Crippen molar-refractivity contribution >= 4 is 5.78 Å². The molecule has 2 heterocycles. The molecular formula is C20H29N2O. The van der Waals surface area contributed by atoms with Gasteiger partial charge < -0.3 is 10.6 Å². The minimum atomic E-state index is 0.0852. The van der Waals surface area contributed by atoms with Crippen LogP contribution in [-0.2, 0) is 0 Å². The van der Waals surface area contributed by atoms with Gasteiger partial charge in [0, 0.05) is 11.5 Å². The van der Waals surface area contributed by atoms with Gasteiger partial charge in [-0.2, -0.15) is 0 Å². The lowest BCUT2D eigenvalue weighted by molar-refractivity contribution is 0.0866. The van der Waals surface area contributed by atoms with Crippen LogP contribution in [0, 0.1) is 31.1 Å². The normalized spacial score (nSPS) is 22.0. The number of hydrogen-bond acceptors (Lipinski definition) is 3. The highest BCUT2D eigenvalue weighted by molar-refractivity contribution is 5.99. The summed E-state index contributed by atoms with van der Waals surface area (Å²) in [5.74, 6) is 1.50. The predicted molar refractivity (Wildman–Crippen MR) is 94.5 cm³/mol. The fourth-order valence-corrected chi connectivity index (χ4v) is 3.98. The Kier molecular flexibility index (Phi) is 5.85. The standard InChI is InChI=1S/C20H29N2O/c1-15-3-2-4-18(13-15)20(23)19(17-7-11-22-12-8-17)14-16-5-9-21-10-6-16/h2-4,13-14,16-17,19,21-22H,5-12H2,1H3. The lowest BCUT2D eigenvalue weighted by Gasteiger charge is -2.33. The molecule has 1 aromatic carbocycles. The first-order valence-corrected chi connectivity index (χ1v) is 9.11. The van der Waals surface area contributed by atoms with Crippen LogP contribution in [0.25, 0.3) is 0 Å². The molecule has 2 fully saturated rings. The van der Waals surface area contributed by atoms with E-state index in [1.165, 1.54) is 18.4 Å². The van der Waals surface area contributed by atoms with Gasteiger partial charge in [0.25, 0.3) is 0 Å². The molecule has 2 aliphatic heterocycles. The van der Waals surface area contributed by atoms with Crippen molar-refractivity contribution < 1.29 is 4.79 Å². The average molecular weight is 313 g/mol. The zero-order valence-electron chi connectivity index (χ0n) is 14.2. The van der Waals surface area contributed by atoms with Gasteiger partial charge in [-0.05, 0) is 83.1 Å². The van der Waals surface area contributed by atoms with Crippen molar-refractivity contribution in [3.05, 3.63) is 41.8 Å². The Hall–Kier alpha value is -1.19. The molecule has 2 N–H and O–H groups in total. The van der Waals surface area contributed by atoms with Gasteiger partial charge in [-0.15, -0.1) is 0 Å². The maximum absolute atomic E-state index is 13.2. The minimum absolute atomic E-state index is 0.0852. The van der Waals surface area contributed by atoms with Gasteiger partial charge >= 0.3 is 0 Å². The van der Waals surface area contributed by atoms with E-state index in [1.807, 2.05) is 18.2 Å². The van der Waals surface area contributed by atoms with E-state index in [0.29, 0.717) is 17.6 Å². The summed E-state index contributed by atoms with van der Waals surface area (Å²) >= 11 is 0. The molecule has 2 saturated heterocycles. The molecular weight excluding hydrogens is 284 g/mol. The van der Waals surface area contributed by atoms with Crippen molar-refractivity contribution in [1.29, 1.82) is 0 Å². The van der Waals surface area contributed by atoms with Crippen molar-refractivity contribution in [2.45, 2.75) is 32.6 Å². The molecule has 0 aromatic heterocycles. The monoisotopic (exact) mass is 313 g/mol. The quantitative estimate of drug-likeness (QED) is 0.821. The Bertz CT molecular complexity index is 516. The zero-order valence-corrected chi connectivity index (χ0v) is 14.2. The molecule has 1 radical (unpaired) electrons.